The second-order valence-corrected chi connectivity index (χ2v) is 7.45. The predicted octanol–water partition coefficient (Wildman–Crippen LogP) is 2.22. The summed E-state index contributed by atoms with van der Waals surface area (Å²) in [5.74, 6) is -0.379. The Kier molecular flexibility index (Phi) is 4.03. The number of aryl methyl sites for hydroxylation is 2. The fraction of sp³-hybridized carbons (Fsp3) is 0.500. The quantitative estimate of drug-likeness (QED) is 0.667. The van der Waals surface area contributed by atoms with Crippen LogP contribution in [-0.2, 0) is 17.6 Å². The molecule has 1 aliphatic carbocycles. The molecule has 2 heterocycles. The van der Waals surface area contributed by atoms with Crippen molar-refractivity contribution in [2.75, 3.05) is 0 Å². The third-order valence-corrected chi connectivity index (χ3v) is 6.20. The molecule has 0 spiro atoms. The van der Waals surface area contributed by atoms with E-state index in [2.05, 4.69) is 9.97 Å². The van der Waals surface area contributed by atoms with E-state index in [9.17, 15) is 9.59 Å². The van der Waals surface area contributed by atoms with Crippen molar-refractivity contribution < 1.29 is 4.79 Å². The molecule has 7 heteroatoms. The molecule has 3 N–H and O–H groups in total. The lowest BCUT2D eigenvalue weighted by Crippen LogP contribution is -2.25. The molecule has 1 atom stereocenters. The number of thiophene rings is 1. The molecule has 1 aliphatic rings. The number of aromatic nitrogens is 2. The van der Waals surface area contributed by atoms with Gasteiger partial charge in [0.15, 0.2) is 5.16 Å². The van der Waals surface area contributed by atoms with Crippen LogP contribution in [0.25, 0.3) is 10.2 Å². The molecule has 2 aromatic heterocycles. The number of carbonyl (C=O) groups is 1. The fourth-order valence-corrected chi connectivity index (χ4v) is 4.85. The first-order valence-corrected chi connectivity index (χ1v) is 8.80. The van der Waals surface area contributed by atoms with Crippen LogP contribution in [-0.4, -0.2) is 21.1 Å². The van der Waals surface area contributed by atoms with E-state index in [1.165, 1.54) is 28.6 Å². The van der Waals surface area contributed by atoms with E-state index >= 15 is 0 Å². The van der Waals surface area contributed by atoms with Crippen molar-refractivity contribution in [1.29, 1.82) is 0 Å². The number of amides is 1. The van der Waals surface area contributed by atoms with E-state index in [0.717, 1.165) is 29.5 Å². The standard InChI is InChI=1S/C14H17N3O2S2/c1-2-8(11(15)18)21-14-16-12(19)10-7-5-3-4-6-9(7)20-13(10)17-14/h8H,2-6H2,1H3,(H2,15,18)(H,16,17,19). The summed E-state index contributed by atoms with van der Waals surface area (Å²) in [6.45, 7) is 1.89. The topological polar surface area (TPSA) is 88.8 Å². The zero-order valence-electron chi connectivity index (χ0n) is 11.8. The van der Waals surface area contributed by atoms with E-state index in [0.29, 0.717) is 11.6 Å². The zero-order chi connectivity index (χ0) is 15.0. The number of fused-ring (bicyclic) bond motifs is 3. The molecule has 1 amide bonds. The van der Waals surface area contributed by atoms with Crippen molar-refractivity contribution >= 4 is 39.2 Å². The summed E-state index contributed by atoms with van der Waals surface area (Å²) in [6, 6.07) is 0. The average molecular weight is 323 g/mol. The number of H-pyrrole nitrogens is 1. The van der Waals surface area contributed by atoms with Gasteiger partial charge in [0.2, 0.25) is 5.91 Å². The van der Waals surface area contributed by atoms with Gasteiger partial charge in [0, 0.05) is 4.88 Å². The van der Waals surface area contributed by atoms with Crippen molar-refractivity contribution in [1.82, 2.24) is 9.97 Å². The molecule has 5 nitrogen and oxygen atoms in total. The molecule has 0 aromatic carbocycles. The van der Waals surface area contributed by atoms with Crippen LogP contribution in [0.3, 0.4) is 0 Å². The Hall–Kier alpha value is -1.34. The van der Waals surface area contributed by atoms with Gasteiger partial charge in [-0.15, -0.1) is 11.3 Å². The summed E-state index contributed by atoms with van der Waals surface area (Å²) in [5, 5.41) is 0.864. The maximum atomic E-state index is 12.4. The van der Waals surface area contributed by atoms with Crippen LogP contribution in [0.4, 0.5) is 0 Å². The monoisotopic (exact) mass is 323 g/mol. The van der Waals surface area contributed by atoms with Crippen molar-refractivity contribution in [2.24, 2.45) is 5.73 Å². The van der Waals surface area contributed by atoms with E-state index in [4.69, 9.17) is 5.73 Å². The Balaban J connectivity index is 2.03. The first kappa shape index (κ1) is 14.6. The van der Waals surface area contributed by atoms with Gasteiger partial charge in [0.25, 0.3) is 5.56 Å². The summed E-state index contributed by atoms with van der Waals surface area (Å²) in [4.78, 5) is 33.1. The molecule has 0 fully saturated rings. The fourth-order valence-electron chi connectivity index (χ4n) is 2.68. The number of hydrogen-bond donors (Lipinski definition) is 2. The van der Waals surface area contributed by atoms with Crippen LogP contribution >= 0.6 is 23.1 Å². The van der Waals surface area contributed by atoms with Gasteiger partial charge < -0.3 is 10.7 Å². The third kappa shape index (κ3) is 2.72. The van der Waals surface area contributed by atoms with Crippen LogP contribution in [0.1, 0.15) is 36.6 Å². The highest BCUT2D eigenvalue weighted by Crippen LogP contribution is 2.34. The number of aromatic amines is 1. The van der Waals surface area contributed by atoms with Crippen molar-refractivity contribution in [3.8, 4) is 0 Å². The van der Waals surface area contributed by atoms with Crippen LogP contribution in [0.5, 0.6) is 0 Å². The molecule has 0 aliphatic heterocycles. The highest BCUT2D eigenvalue weighted by molar-refractivity contribution is 8.00. The molecule has 0 saturated heterocycles. The lowest BCUT2D eigenvalue weighted by molar-refractivity contribution is -0.117. The molecule has 3 rings (SSSR count). The second-order valence-electron chi connectivity index (χ2n) is 5.18. The number of nitrogens with one attached hydrogen (secondary N) is 1. The van der Waals surface area contributed by atoms with E-state index in [-0.39, 0.29) is 16.7 Å². The highest BCUT2D eigenvalue weighted by atomic mass is 32.2. The number of nitrogens with zero attached hydrogens (tertiary/aromatic N) is 1. The summed E-state index contributed by atoms with van der Waals surface area (Å²) >= 11 is 2.85. The summed E-state index contributed by atoms with van der Waals surface area (Å²) in [6.07, 6.45) is 4.93. The maximum Gasteiger partial charge on any atom is 0.260 e. The Morgan fingerprint density at radius 1 is 1.48 bits per heavy atom. The van der Waals surface area contributed by atoms with Crippen LogP contribution in [0, 0.1) is 0 Å². The van der Waals surface area contributed by atoms with Gasteiger partial charge in [-0.05, 0) is 37.7 Å². The smallest absolute Gasteiger partial charge is 0.260 e. The first-order chi connectivity index (χ1) is 10.1. The molecule has 0 saturated carbocycles. The number of nitrogens with two attached hydrogens (primary N) is 1. The van der Waals surface area contributed by atoms with Gasteiger partial charge in [-0.25, -0.2) is 4.98 Å². The van der Waals surface area contributed by atoms with E-state index in [1.807, 2.05) is 6.92 Å². The summed E-state index contributed by atoms with van der Waals surface area (Å²) in [7, 11) is 0. The summed E-state index contributed by atoms with van der Waals surface area (Å²) < 4.78 is 0. The van der Waals surface area contributed by atoms with Gasteiger partial charge in [-0.1, -0.05) is 18.7 Å². The van der Waals surface area contributed by atoms with Crippen LogP contribution in [0.15, 0.2) is 9.95 Å². The number of rotatable bonds is 4. The van der Waals surface area contributed by atoms with Crippen molar-refractivity contribution in [2.45, 2.75) is 49.4 Å². The molecule has 1 unspecified atom stereocenters. The first-order valence-electron chi connectivity index (χ1n) is 7.10. The number of thioether (sulfide) groups is 1. The van der Waals surface area contributed by atoms with Crippen LogP contribution in [0.2, 0.25) is 0 Å². The number of primary amides is 1. The minimum absolute atomic E-state index is 0.0961. The van der Waals surface area contributed by atoms with Crippen molar-refractivity contribution in [3.05, 3.63) is 20.8 Å². The van der Waals surface area contributed by atoms with Gasteiger partial charge in [0.05, 0.1) is 10.6 Å². The third-order valence-electron chi connectivity index (χ3n) is 3.75. The lowest BCUT2D eigenvalue weighted by Gasteiger charge is -2.10. The van der Waals surface area contributed by atoms with E-state index < -0.39 is 0 Å². The SMILES string of the molecule is CCC(Sc1nc2sc3c(c2c(=O)[nH]1)CCCC3)C(N)=O. The maximum absolute atomic E-state index is 12.4. The van der Waals surface area contributed by atoms with Gasteiger partial charge in [-0.2, -0.15) is 0 Å². The van der Waals surface area contributed by atoms with Gasteiger partial charge in [0.1, 0.15) is 4.83 Å². The second kappa shape index (κ2) is 5.81. The highest BCUT2D eigenvalue weighted by Gasteiger charge is 2.21. The molecule has 0 radical (unpaired) electrons. The largest absolute Gasteiger partial charge is 0.369 e. The zero-order valence-corrected chi connectivity index (χ0v) is 13.4. The minimum atomic E-state index is -0.379. The average Bonchev–Trinajstić information content (AvgIpc) is 2.82. The Morgan fingerprint density at radius 2 is 2.24 bits per heavy atom. The summed E-state index contributed by atoms with van der Waals surface area (Å²) in [5.41, 5.74) is 6.43. The Morgan fingerprint density at radius 3 is 2.95 bits per heavy atom. The van der Waals surface area contributed by atoms with Gasteiger partial charge >= 0.3 is 0 Å². The molecular weight excluding hydrogens is 306 g/mol. The molecule has 112 valence electrons. The predicted molar refractivity (Wildman–Crippen MR) is 86.0 cm³/mol. The molecular formula is C14H17N3O2S2. The molecule has 21 heavy (non-hydrogen) atoms. The number of carbonyl (C=O) groups excluding carboxylic acids is 1. The Labute approximate surface area is 130 Å². The van der Waals surface area contributed by atoms with Gasteiger partial charge in [-0.3, -0.25) is 9.59 Å². The molecule has 0 bridgehead atoms. The lowest BCUT2D eigenvalue weighted by atomic mass is 9.97. The minimum Gasteiger partial charge on any atom is -0.369 e. The van der Waals surface area contributed by atoms with Crippen molar-refractivity contribution in [3.63, 3.8) is 0 Å². The normalized spacial score (nSPS) is 15.9. The van der Waals surface area contributed by atoms with Crippen LogP contribution < -0.4 is 11.3 Å². The molecule has 2 aromatic rings. The van der Waals surface area contributed by atoms with E-state index in [1.54, 1.807) is 11.3 Å². The number of hydrogen-bond acceptors (Lipinski definition) is 5. The Bertz CT molecular complexity index is 750.